The van der Waals surface area contributed by atoms with Gasteiger partial charge in [-0.25, -0.2) is 5.10 Å². The zero-order valence-corrected chi connectivity index (χ0v) is 18.1. The molecule has 0 saturated heterocycles. The van der Waals surface area contributed by atoms with Crippen molar-refractivity contribution in [2.45, 2.75) is 19.3 Å². The maximum Gasteiger partial charge on any atom is 0.272 e. The first kappa shape index (κ1) is 22.8. The fourth-order valence-corrected chi connectivity index (χ4v) is 3.31. The first-order valence-electron chi connectivity index (χ1n) is 10.2. The Balaban J connectivity index is 1.41. The number of amides is 2. The Morgan fingerprint density at radius 1 is 0.938 bits per heavy atom. The molecular weight excluding hydrogens is 412 g/mol. The number of ether oxygens (including phenoxy) is 2. The molecule has 0 aliphatic rings. The van der Waals surface area contributed by atoms with E-state index in [2.05, 4.69) is 20.8 Å². The number of aromatic amines is 1. The second kappa shape index (κ2) is 10.9. The van der Waals surface area contributed by atoms with Gasteiger partial charge in [0, 0.05) is 24.9 Å². The fraction of sp³-hybridized carbons (Fsp3) is 0.304. The lowest BCUT2D eigenvalue weighted by Crippen LogP contribution is -2.32. The molecule has 2 aromatic carbocycles. The number of H-pyrrole nitrogens is 1. The van der Waals surface area contributed by atoms with Crippen molar-refractivity contribution in [1.82, 2.24) is 20.8 Å². The smallest absolute Gasteiger partial charge is 0.272 e. The third-order valence-electron chi connectivity index (χ3n) is 4.96. The zero-order chi connectivity index (χ0) is 22.9. The number of nitrogens with zero attached hydrogens (tertiary/aromatic N) is 1. The minimum atomic E-state index is -0.297. The van der Waals surface area contributed by atoms with Crippen LogP contribution in [0.25, 0.3) is 10.8 Å². The maximum atomic E-state index is 12.2. The van der Waals surface area contributed by atoms with Crippen LogP contribution in [-0.4, -0.2) is 49.3 Å². The van der Waals surface area contributed by atoms with Gasteiger partial charge < -0.3 is 20.1 Å². The number of nitrogens with one attached hydrogen (secondary N) is 3. The molecule has 3 rings (SSSR count). The fourth-order valence-electron chi connectivity index (χ4n) is 3.31. The number of hydrogen-bond donors (Lipinski definition) is 3. The first-order chi connectivity index (χ1) is 15.5. The van der Waals surface area contributed by atoms with Crippen LogP contribution in [0.15, 0.2) is 47.3 Å². The van der Waals surface area contributed by atoms with Gasteiger partial charge in [0.25, 0.3) is 5.56 Å². The largest absolute Gasteiger partial charge is 0.493 e. The topological polar surface area (TPSA) is 122 Å². The van der Waals surface area contributed by atoms with E-state index < -0.39 is 0 Å². The molecule has 32 heavy (non-hydrogen) atoms. The van der Waals surface area contributed by atoms with Crippen molar-refractivity contribution >= 4 is 22.6 Å². The van der Waals surface area contributed by atoms with Gasteiger partial charge in [-0.3, -0.25) is 14.4 Å². The number of hydrogen-bond acceptors (Lipinski definition) is 6. The number of fused-ring (bicyclic) bond motifs is 1. The Morgan fingerprint density at radius 3 is 2.41 bits per heavy atom. The van der Waals surface area contributed by atoms with Crippen LogP contribution in [-0.2, 0) is 22.4 Å². The average molecular weight is 438 g/mol. The van der Waals surface area contributed by atoms with Crippen molar-refractivity contribution in [3.05, 3.63) is 64.1 Å². The van der Waals surface area contributed by atoms with Crippen LogP contribution in [0.2, 0.25) is 0 Å². The van der Waals surface area contributed by atoms with Crippen LogP contribution in [0.3, 0.4) is 0 Å². The average Bonchev–Trinajstić information content (AvgIpc) is 2.81. The highest BCUT2D eigenvalue weighted by Gasteiger charge is 2.11. The third-order valence-corrected chi connectivity index (χ3v) is 4.96. The molecule has 0 aliphatic heterocycles. The van der Waals surface area contributed by atoms with E-state index in [1.165, 1.54) is 0 Å². The normalized spacial score (nSPS) is 10.6. The van der Waals surface area contributed by atoms with Crippen molar-refractivity contribution in [1.29, 1.82) is 0 Å². The standard InChI is InChI=1S/C23H26N4O5/c1-31-19-8-7-15(13-20(19)32-2)9-11-24-21(28)10-12-25-22(29)14-18-16-5-3-4-6-17(16)23(30)27-26-18/h3-8,13H,9-12,14H2,1-2H3,(H,24,28)(H,25,29)(H,27,30). The number of aromatic nitrogens is 2. The van der Waals surface area contributed by atoms with Crippen LogP contribution < -0.4 is 25.7 Å². The highest BCUT2D eigenvalue weighted by Crippen LogP contribution is 2.27. The highest BCUT2D eigenvalue weighted by atomic mass is 16.5. The summed E-state index contributed by atoms with van der Waals surface area (Å²) in [6.45, 7) is 0.678. The summed E-state index contributed by atoms with van der Waals surface area (Å²) in [5.41, 5.74) is 1.20. The quantitative estimate of drug-likeness (QED) is 0.439. The monoisotopic (exact) mass is 438 g/mol. The minimum Gasteiger partial charge on any atom is -0.493 e. The van der Waals surface area contributed by atoms with Gasteiger partial charge >= 0.3 is 0 Å². The van der Waals surface area contributed by atoms with Crippen molar-refractivity contribution in [2.24, 2.45) is 0 Å². The predicted octanol–water partition coefficient (Wildman–Crippen LogP) is 1.35. The molecule has 0 radical (unpaired) electrons. The minimum absolute atomic E-state index is 0.0121. The predicted molar refractivity (Wildman–Crippen MR) is 120 cm³/mol. The van der Waals surface area contributed by atoms with Gasteiger partial charge in [-0.2, -0.15) is 5.10 Å². The van der Waals surface area contributed by atoms with E-state index in [0.717, 1.165) is 5.56 Å². The summed E-state index contributed by atoms with van der Waals surface area (Å²) in [6.07, 6.45) is 0.819. The molecule has 0 fully saturated rings. The lowest BCUT2D eigenvalue weighted by atomic mass is 10.1. The van der Waals surface area contributed by atoms with Gasteiger partial charge in [0.15, 0.2) is 11.5 Å². The van der Waals surface area contributed by atoms with E-state index in [-0.39, 0.29) is 36.8 Å². The van der Waals surface area contributed by atoms with Crippen LogP contribution in [0.1, 0.15) is 17.7 Å². The van der Waals surface area contributed by atoms with Gasteiger partial charge in [-0.15, -0.1) is 0 Å². The van der Waals surface area contributed by atoms with E-state index >= 15 is 0 Å². The van der Waals surface area contributed by atoms with Crippen LogP contribution >= 0.6 is 0 Å². The molecule has 3 aromatic rings. The molecule has 168 valence electrons. The Labute approximate surface area is 185 Å². The molecule has 0 bridgehead atoms. The van der Waals surface area contributed by atoms with Crippen molar-refractivity contribution in [3.8, 4) is 11.5 Å². The highest BCUT2D eigenvalue weighted by molar-refractivity contribution is 5.88. The molecular formula is C23H26N4O5. The van der Waals surface area contributed by atoms with Crippen LogP contribution in [0.5, 0.6) is 11.5 Å². The zero-order valence-electron chi connectivity index (χ0n) is 18.1. The molecule has 0 atom stereocenters. The summed E-state index contributed by atoms with van der Waals surface area (Å²) in [4.78, 5) is 36.1. The second-order valence-electron chi connectivity index (χ2n) is 7.11. The maximum absolute atomic E-state index is 12.2. The molecule has 1 heterocycles. The van der Waals surface area contributed by atoms with E-state index in [4.69, 9.17) is 9.47 Å². The van der Waals surface area contributed by atoms with Crippen molar-refractivity contribution in [2.75, 3.05) is 27.3 Å². The van der Waals surface area contributed by atoms with Gasteiger partial charge in [-0.1, -0.05) is 24.3 Å². The van der Waals surface area contributed by atoms with Crippen molar-refractivity contribution < 1.29 is 19.1 Å². The Morgan fingerprint density at radius 2 is 1.66 bits per heavy atom. The Bertz CT molecular complexity index is 1160. The molecule has 0 spiro atoms. The molecule has 3 N–H and O–H groups in total. The number of carbonyl (C=O) groups excluding carboxylic acids is 2. The first-order valence-corrected chi connectivity index (χ1v) is 10.2. The van der Waals surface area contributed by atoms with Crippen molar-refractivity contribution in [3.63, 3.8) is 0 Å². The molecule has 0 aliphatic carbocycles. The molecule has 9 heteroatoms. The number of carbonyl (C=O) groups is 2. The Hall–Kier alpha value is -3.88. The summed E-state index contributed by atoms with van der Waals surface area (Å²) in [7, 11) is 3.16. The summed E-state index contributed by atoms with van der Waals surface area (Å²) in [5, 5.41) is 13.1. The van der Waals surface area contributed by atoms with E-state index in [1.807, 2.05) is 18.2 Å². The molecule has 0 saturated carbocycles. The lowest BCUT2D eigenvalue weighted by Gasteiger charge is -2.10. The summed E-state index contributed by atoms with van der Waals surface area (Å²) < 4.78 is 10.5. The number of methoxy groups -OCH3 is 2. The summed E-state index contributed by atoms with van der Waals surface area (Å²) >= 11 is 0. The van der Waals surface area contributed by atoms with Crippen LogP contribution in [0.4, 0.5) is 0 Å². The molecule has 1 aromatic heterocycles. The third kappa shape index (κ3) is 5.84. The van der Waals surface area contributed by atoms with E-state index in [1.54, 1.807) is 38.5 Å². The number of rotatable bonds is 10. The Kier molecular flexibility index (Phi) is 7.80. The number of benzene rings is 2. The summed E-state index contributed by atoms with van der Waals surface area (Å²) in [6, 6.07) is 12.6. The van der Waals surface area contributed by atoms with E-state index in [0.29, 0.717) is 40.9 Å². The summed E-state index contributed by atoms with van der Waals surface area (Å²) in [5.74, 6) is 0.871. The van der Waals surface area contributed by atoms with Gasteiger partial charge in [0.1, 0.15) is 0 Å². The van der Waals surface area contributed by atoms with Gasteiger partial charge in [0.2, 0.25) is 11.8 Å². The molecule has 0 unspecified atom stereocenters. The lowest BCUT2D eigenvalue weighted by molar-refractivity contribution is -0.122. The molecule has 9 nitrogen and oxygen atoms in total. The second-order valence-corrected chi connectivity index (χ2v) is 7.11. The van der Waals surface area contributed by atoms with Gasteiger partial charge in [-0.05, 0) is 30.2 Å². The van der Waals surface area contributed by atoms with E-state index in [9.17, 15) is 14.4 Å². The van der Waals surface area contributed by atoms with Gasteiger partial charge in [0.05, 0.1) is 31.7 Å². The van der Waals surface area contributed by atoms with Crippen LogP contribution in [0, 0.1) is 0 Å². The molecule has 2 amide bonds. The SMILES string of the molecule is COc1ccc(CCNC(=O)CCNC(=O)Cc2n[nH]c(=O)c3ccccc23)cc1OC.